The van der Waals surface area contributed by atoms with Gasteiger partial charge in [-0.1, -0.05) is 70.2 Å². The summed E-state index contributed by atoms with van der Waals surface area (Å²) in [5, 5.41) is 9.80. The van der Waals surface area contributed by atoms with E-state index in [1.54, 1.807) is 0 Å². The first-order valence-electron chi connectivity index (χ1n) is 7.14. The van der Waals surface area contributed by atoms with E-state index in [4.69, 9.17) is 0 Å². The summed E-state index contributed by atoms with van der Waals surface area (Å²) >= 11 is 4.83. The standard InChI is InChI=1S/C18H12BrN3OS/c19-14-8-4-7-13(9-14)16-15(10-20)17(23)22-18(21-16)24-11-12-5-2-1-3-6-12/h1-9H,11H2,(H,21,22,23). The number of halogens is 1. The van der Waals surface area contributed by atoms with Crippen LogP contribution in [0, 0.1) is 11.3 Å². The summed E-state index contributed by atoms with van der Waals surface area (Å²) in [7, 11) is 0. The van der Waals surface area contributed by atoms with E-state index in [9.17, 15) is 10.1 Å². The number of aromatic nitrogens is 2. The molecule has 4 nitrogen and oxygen atoms in total. The first-order valence-corrected chi connectivity index (χ1v) is 8.92. The first kappa shape index (κ1) is 16.5. The Hall–Kier alpha value is -2.36. The SMILES string of the molecule is N#Cc1c(-c2cccc(Br)c2)nc(SCc2ccccc2)[nH]c1=O. The number of hydrogen-bond acceptors (Lipinski definition) is 4. The largest absolute Gasteiger partial charge is 0.300 e. The van der Waals surface area contributed by atoms with Gasteiger partial charge in [-0.3, -0.25) is 4.79 Å². The van der Waals surface area contributed by atoms with Crippen LogP contribution in [0.15, 0.2) is 69.0 Å². The second-order valence-corrected chi connectivity index (χ2v) is 6.87. The first-order chi connectivity index (χ1) is 11.7. The van der Waals surface area contributed by atoms with Crippen LogP contribution in [0.25, 0.3) is 11.3 Å². The maximum atomic E-state index is 12.2. The third-order valence-electron chi connectivity index (χ3n) is 3.33. The van der Waals surface area contributed by atoms with Crippen LogP contribution < -0.4 is 5.56 Å². The van der Waals surface area contributed by atoms with Crippen LogP contribution in [0.3, 0.4) is 0 Å². The maximum Gasteiger partial charge on any atom is 0.270 e. The van der Waals surface area contributed by atoms with Gasteiger partial charge in [0.2, 0.25) is 0 Å². The minimum Gasteiger partial charge on any atom is -0.300 e. The van der Waals surface area contributed by atoms with Crippen LogP contribution in [-0.4, -0.2) is 9.97 Å². The van der Waals surface area contributed by atoms with Crippen LogP contribution in [0.4, 0.5) is 0 Å². The Balaban J connectivity index is 1.98. The fraction of sp³-hybridized carbons (Fsp3) is 0.0556. The number of H-pyrrole nitrogens is 1. The van der Waals surface area contributed by atoms with Crippen molar-refractivity contribution in [3.63, 3.8) is 0 Å². The molecule has 0 bridgehead atoms. The van der Waals surface area contributed by atoms with Gasteiger partial charge in [0.15, 0.2) is 5.16 Å². The zero-order valence-corrected chi connectivity index (χ0v) is 14.9. The highest BCUT2D eigenvalue weighted by molar-refractivity contribution is 9.10. The summed E-state index contributed by atoms with van der Waals surface area (Å²) in [6, 6.07) is 19.3. The van der Waals surface area contributed by atoms with Crippen molar-refractivity contribution in [2.75, 3.05) is 0 Å². The van der Waals surface area contributed by atoms with Crippen molar-refractivity contribution in [3.8, 4) is 17.3 Å². The van der Waals surface area contributed by atoms with Crippen LogP contribution in [0.2, 0.25) is 0 Å². The molecular weight excluding hydrogens is 386 g/mol. The highest BCUT2D eigenvalue weighted by Crippen LogP contribution is 2.25. The Morgan fingerprint density at radius 2 is 1.96 bits per heavy atom. The van der Waals surface area contributed by atoms with E-state index in [2.05, 4.69) is 25.9 Å². The van der Waals surface area contributed by atoms with E-state index >= 15 is 0 Å². The van der Waals surface area contributed by atoms with E-state index in [0.29, 0.717) is 16.6 Å². The molecule has 1 aromatic heterocycles. The average Bonchev–Trinajstić information content (AvgIpc) is 2.60. The van der Waals surface area contributed by atoms with E-state index in [1.165, 1.54) is 11.8 Å². The lowest BCUT2D eigenvalue weighted by atomic mass is 10.1. The average molecular weight is 398 g/mol. The third kappa shape index (κ3) is 3.75. The van der Waals surface area contributed by atoms with Crippen molar-refractivity contribution in [2.45, 2.75) is 10.9 Å². The number of thioether (sulfide) groups is 1. The molecule has 3 aromatic rings. The Morgan fingerprint density at radius 3 is 2.67 bits per heavy atom. The smallest absolute Gasteiger partial charge is 0.270 e. The summed E-state index contributed by atoms with van der Waals surface area (Å²) in [4.78, 5) is 19.4. The zero-order valence-electron chi connectivity index (χ0n) is 12.5. The predicted octanol–water partition coefficient (Wildman–Crippen LogP) is 4.36. The molecule has 0 spiro atoms. The van der Waals surface area contributed by atoms with E-state index in [-0.39, 0.29) is 5.56 Å². The van der Waals surface area contributed by atoms with Crippen LogP contribution >= 0.6 is 27.7 Å². The molecule has 0 aliphatic rings. The molecule has 0 unspecified atom stereocenters. The lowest BCUT2D eigenvalue weighted by Gasteiger charge is -2.07. The van der Waals surface area contributed by atoms with Crippen molar-refractivity contribution in [1.29, 1.82) is 5.26 Å². The topological polar surface area (TPSA) is 69.5 Å². The van der Waals surface area contributed by atoms with Crippen molar-refractivity contribution >= 4 is 27.7 Å². The number of rotatable bonds is 4. The van der Waals surface area contributed by atoms with Crippen LogP contribution in [-0.2, 0) is 5.75 Å². The summed E-state index contributed by atoms with van der Waals surface area (Å²) in [6.07, 6.45) is 0. The van der Waals surface area contributed by atoms with Crippen molar-refractivity contribution in [1.82, 2.24) is 9.97 Å². The minimum atomic E-state index is -0.418. The lowest BCUT2D eigenvalue weighted by Crippen LogP contribution is -2.14. The quantitative estimate of drug-likeness (QED) is 0.524. The number of nitrogens with zero attached hydrogens (tertiary/aromatic N) is 2. The Bertz CT molecular complexity index is 964. The molecule has 1 heterocycles. The van der Waals surface area contributed by atoms with Gasteiger partial charge in [-0.2, -0.15) is 5.26 Å². The molecule has 0 atom stereocenters. The second-order valence-electron chi connectivity index (χ2n) is 4.99. The van der Waals surface area contributed by atoms with Gasteiger partial charge in [0.1, 0.15) is 11.6 Å². The van der Waals surface area contributed by atoms with Gasteiger partial charge in [0.05, 0.1) is 5.69 Å². The normalized spacial score (nSPS) is 10.3. The molecule has 118 valence electrons. The Kier molecular flexibility index (Phi) is 5.14. The fourth-order valence-corrected chi connectivity index (χ4v) is 3.41. The molecule has 0 aliphatic carbocycles. The molecule has 24 heavy (non-hydrogen) atoms. The zero-order chi connectivity index (χ0) is 16.9. The molecule has 1 N–H and O–H groups in total. The Morgan fingerprint density at radius 1 is 1.17 bits per heavy atom. The summed E-state index contributed by atoms with van der Waals surface area (Å²) in [5.41, 5.74) is 1.88. The molecule has 0 saturated heterocycles. The predicted molar refractivity (Wildman–Crippen MR) is 98.7 cm³/mol. The van der Waals surface area contributed by atoms with Gasteiger partial charge in [-0.15, -0.1) is 0 Å². The molecule has 0 radical (unpaired) electrons. The molecule has 0 aliphatic heterocycles. The molecule has 0 saturated carbocycles. The van der Waals surface area contributed by atoms with Gasteiger partial charge in [-0.05, 0) is 17.7 Å². The van der Waals surface area contributed by atoms with E-state index in [0.717, 1.165) is 15.6 Å². The number of benzene rings is 2. The Labute approximate surface area is 151 Å². The van der Waals surface area contributed by atoms with Crippen molar-refractivity contribution < 1.29 is 0 Å². The second kappa shape index (κ2) is 7.47. The number of nitrogens with one attached hydrogen (secondary N) is 1. The molecule has 6 heteroatoms. The number of aromatic amines is 1. The minimum absolute atomic E-state index is 0.0251. The highest BCUT2D eigenvalue weighted by atomic mass is 79.9. The number of hydrogen-bond donors (Lipinski definition) is 1. The van der Waals surface area contributed by atoms with Gasteiger partial charge in [0.25, 0.3) is 5.56 Å². The highest BCUT2D eigenvalue weighted by Gasteiger charge is 2.14. The van der Waals surface area contributed by atoms with Crippen LogP contribution in [0.5, 0.6) is 0 Å². The molecule has 0 amide bonds. The number of nitriles is 1. The maximum absolute atomic E-state index is 12.2. The van der Waals surface area contributed by atoms with Crippen molar-refractivity contribution in [3.05, 3.63) is 80.6 Å². The monoisotopic (exact) mass is 397 g/mol. The van der Waals surface area contributed by atoms with Crippen LogP contribution in [0.1, 0.15) is 11.1 Å². The third-order valence-corrected chi connectivity index (χ3v) is 4.76. The van der Waals surface area contributed by atoms with Gasteiger partial charge in [0, 0.05) is 15.8 Å². The summed E-state index contributed by atoms with van der Waals surface area (Å²) < 4.78 is 0.865. The van der Waals surface area contributed by atoms with Gasteiger partial charge < -0.3 is 4.98 Å². The fourth-order valence-electron chi connectivity index (χ4n) is 2.20. The van der Waals surface area contributed by atoms with E-state index in [1.807, 2.05) is 60.7 Å². The summed E-state index contributed by atoms with van der Waals surface area (Å²) in [5.74, 6) is 0.688. The molecule has 2 aromatic carbocycles. The molecule has 3 rings (SSSR count). The van der Waals surface area contributed by atoms with Crippen molar-refractivity contribution in [2.24, 2.45) is 0 Å². The van der Waals surface area contributed by atoms with Gasteiger partial charge in [-0.25, -0.2) is 4.98 Å². The molecule has 0 fully saturated rings. The van der Waals surface area contributed by atoms with E-state index < -0.39 is 5.56 Å². The van der Waals surface area contributed by atoms with Gasteiger partial charge >= 0.3 is 0 Å². The summed E-state index contributed by atoms with van der Waals surface area (Å²) in [6.45, 7) is 0. The lowest BCUT2D eigenvalue weighted by molar-refractivity contribution is 0.934. The molecular formula is C18H12BrN3OS.